The highest BCUT2D eigenvalue weighted by molar-refractivity contribution is 5.49. The van der Waals surface area contributed by atoms with E-state index >= 15 is 0 Å². The summed E-state index contributed by atoms with van der Waals surface area (Å²) in [7, 11) is 0. The zero-order chi connectivity index (χ0) is 19.0. The molecule has 0 aliphatic heterocycles. The lowest BCUT2D eigenvalue weighted by molar-refractivity contribution is 0.393. The first-order valence-corrected chi connectivity index (χ1v) is 9.50. The Hall–Kier alpha value is -3.31. The fourth-order valence-corrected chi connectivity index (χ4v) is 3.80. The normalized spacial score (nSPS) is 15.3. The molecule has 5 rings (SSSR count). The van der Waals surface area contributed by atoms with E-state index in [-0.39, 0.29) is 0 Å². The number of benzene rings is 3. The van der Waals surface area contributed by atoms with Crippen molar-refractivity contribution in [2.24, 2.45) is 5.73 Å². The third-order valence-corrected chi connectivity index (χ3v) is 5.52. The Morgan fingerprint density at radius 3 is 1.54 bits per heavy atom. The van der Waals surface area contributed by atoms with Crippen molar-refractivity contribution in [3.63, 3.8) is 0 Å². The number of hydrogen-bond acceptors (Lipinski definition) is 4. The van der Waals surface area contributed by atoms with Crippen LogP contribution in [0.3, 0.4) is 0 Å². The summed E-state index contributed by atoms with van der Waals surface area (Å²) in [5.74, 6) is 0.611. The van der Waals surface area contributed by atoms with Crippen LogP contribution >= 0.6 is 0 Å². The molecule has 28 heavy (non-hydrogen) atoms. The lowest BCUT2D eigenvalue weighted by Gasteiger charge is -2.34. The van der Waals surface area contributed by atoms with Gasteiger partial charge >= 0.3 is 0 Å². The fourth-order valence-electron chi connectivity index (χ4n) is 3.80. The summed E-state index contributed by atoms with van der Waals surface area (Å²) in [6, 6.07) is 31.0. The maximum atomic E-state index is 6.36. The number of nitrogens with two attached hydrogens (primary N) is 1. The predicted octanol–water partition coefficient (Wildman–Crippen LogP) is 3.46. The molecule has 4 aromatic rings. The van der Waals surface area contributed by atoms with Crippen molar-refractivity contribution in [3.05, 3.63) is 114 Å². The predicted molar refractivity (Wildman–Crippen MR) is 108 cm³/mol. The number of hydrogen-bond donors (Lipinski definition) is 1. The van der Waals surface area contributed by atoms with E-state index in [0.717, 1.165) is 29.5 Å². The van der Waals surface area contributed by atoms with Crippen LogP contribution in [-0.4, -0.2) is 20.2 Å². The molecule has 1 aliphatic rings. The molecular formula is C23H21N5. The number of rotatable bonds is 5. The number of aromatic nitrogens is 4. The molecule has 5 heteroatoms. The van der Waals surface area contributed by atoms with Crippen LogP contribution in [0.15, 0.2) is 91.0 Å². The van der Waals surface area contributed by atoms with Crippen molar-refractivity contribution in [3.8, 4) is 0 Å². The van der Waals surface area contributed by atoms with Gasteiger partial charge in [-0.05, 0) is 34.7 Å². The molecule has 138 valence electrons. The molecule has 0 bridgehead atoms. The summed E-state index contributed by atoms with van der Waals surface area (Å²) in [6.45, 7) is 0. The molecule has 0 spiro atoms. The third kappa shape index (κ3) is 2.55. The second-order valence-corrected chi connectivity index (χ2v) is 7.37. The molecule has 2 N–H and O–H groups in total. The molecule has 0 amide bonds. The Bertz CT molecular complexity index is 973. The summed E-state index contributed by atoms with van der Waals surface area (Å²) in [5.41, 5.74) is 8.39. The lowest BCUT2D eigenvalue weighted by Crippen LogP contribution is -2.40. The van der Waals surface area contributed by atoms with Gasteiger partial charge in [-0.25, -0.2) is 0 Å². The van der Waals surface area contributed by atoms with Crippen molar-refractivity contribution in [2.75, 3.05) is 0 Å². The Morgan fingerprint density at radius 2 is 1.14 bits per heavy atom. The minimum atomic E-state index is -0.736. The van der Waals surface area contributed by atoms with Crippen LogP contribution in [0, 0.1) is 0 Å². The molecule has 1 heterocycles. The number of tetrazole rings is 1. The van der Waals surface area contributed by atoms with Crippen LogP contribution in [-0.2, 0) is 11.1 Å². The van der Waals surface area contributed by atoms with Gasteiger partial charge in [0.2, 0.25) is 0 Å². The highest BCUT2D eigenvalue weighted by Crippen LogP contribution is 2.43. The van der Waals surface area contributed by atoms with Gasteiger partial charge in [0.25, 0.3) is 0 Å². The third-order valence-electron chi connectivity index (χ3n) is 5.52. The largest absolute Gasteiger partial charge is 0.319 e. The Labute approximate surface area is 163 Å². The van der Waals surface area contributed by atoms with Gasteiger partial charge in [-0.2, -0.15) is 0 Å². The second kappa shape index (κ2) is 6.39. The maximum absolute atomic E-state index is 6.36. The maximum Gasteiger partial charge on any atom is 0.194 e. The van der Waals surface area contributed by atoms with Crippen molar-refractivity contribution < 1.29 is 0 Å². The highest BCUT2D eigenvalue weighted by atomic mass is 15.6. The minimum absolute atomic E-state index is 0.436. The Kier molecular flexibility index (Phi) is 3.84. The molecule has 1 fully saturated rings. The van der Waals surface area contributed by atoms with Crippen LogP contribution in [0.1, 0.15) is 35.4 Å². The molecule has 1 aromatic heterocycles. The minimum Gasteiger partial charge on any atom is -0.319 e. The molecule has 0 radical (unpaired) electrons. The molecule has 1 saturated carbocycles. The van der Waals surface area contributed by atoms with Crippen molar-refractivity contribution in [1.29, 1.82) is 0 Å². The van der Waals surface area contributed by atoms with Gasteiger partial charge in [0.15, 0.2) is 11.4 Å². The summed E-state index contributed by atoms with van der Waals surface area (Å²) in [5, 5.41) is 13.7. The second-order valence-electron chi connectivity index (χ2n) is 7.37. The molecule has 5 nitrogen and oxygen atoms in total. The zero-order valence-electron chi connectivity index (χ0n) is 15.4. The fraction of sp³-hybridized carbons (Fsp3) is 0.174. The molecule has 1 aliphatic carbocycles. The quantitative estimate of drug-likeness (QED) is 0.549. The van der Waals surface area contributed by atoms with E-state index in [1.807, 2.05) is 54.6 Å². The van der Waals surface area contributed by atoms with Gasteiger partial charge in [-0.15, -0.1) is 15.0 Å². The topological polar surface area (TPSA) is 69.6 Å². The summed E-state index contributed by atoms with van der Waals surface area (Å²) >= 11 is 0. The van der Waals surface area contributed by atoms with Crippen LogP contribution in [0.4, 0.5) is 0 Å². The van der Waals surface area contributed by atoms with Crippen LogP contribution in [0.5, 0.6) is 0 Å². The van der Waals surface area contributed by atoms with Gasteiger partial charge < -0.3 is 5.73 Å². The molecule has 0 atom stereocenters. The highest BCUT2D eigenvalue weighted by Gasteiger charge is 2.47. The van der Waals surface area contributed by atoms with E-state index in [1.54, 1.807) is 4.80 Å². The molecular weight excluding hydrogens is 346 g/mol. The van der Waals surface area contributed by atoms with Crippen molar-refractivity contribution in [1.82, 2.24) is 20.2 Å². The van der Waals surface area contributed by atoms with E-state index in [2.05, 4.69) is 46.7 Å². The smallest absolute Gasteiger partial charge is 0.194 e. The van der Waals surface area contributed by atoms with Crippen molar-refractivity contribution >= 4 is 0 Å². The zero-order valence-corrected chi connectivity index (χ0v) is 15.4. The summed E-state index contributed by atoms with van der Waals surface area (Å²) < 4.78 is 0. The van der Waals surface area contributed by atoms with Gasteiger partial charge in [-0.1, -0.05) is 91.0 Å². The molecule has 0 unspecified atom stereocenters. The summed E-state index contributed by atoms with van der Waals surface area (Å²) in [6.07, 6.45) is 1.79. The average Bonchev–Trinajstić information content (AvgIpc) is 3.31. The Morgan fingerprint density at radius 1 is 0.714 bits per heavy atom. The van der Waals surface area contributed by atoms with E-state index in [9.17, 15) is 0 Å². The van der Waals surface area contributed by atoms with E-state index in [1.165, 1.54) is 0 Å². The van der Waals surface area contributed by atoms with Gasteiger partial charge in [0.1, 0.15) is 0 Å². The number of nitrogens with zero attached hydrogens (tertiary/aromatic N) is 4. The van der Waals surface area contributed by atoms with E-state index < -0.39 is 11.1 Å². The first-order valence-electron chi connectivity index (χ1n) is 9.50. The van der Waals surface area contributed by atoms with Crippen LogP contribution in [0.25, 0.3) is 0 Å². The van der Waals surface area contributed by atoms with Crippen molar-refractivity contribution in [2.45, 2.75) is 23.9 Å². The summed E-state index contributed by atoms with van der Waals surface area (Å²) in [4.78, 5) is 1.73. The molecule has 0 saturated heterocycles. The average molecular weight is 367 g/mol. The lowest BCUT2D eigenvalue weighted by atomic mass is 9.77. The van der Waals surface area contributed by atoms with Crippen LogP contribution in [0.2, 0.25) is 0 Å². The van der Waals surface area contributed by atoms with E-state index in [0.29, 0.717) is 5.82 Å². The SMILES string of the molecule is NC1(c2nnn(C(c3ccccc3)(c3ccccc3)c3ccccc3)n2)CC1. The first kappa shape index (κ1) is 16.8. The first-order chi connectivity index (χ1) is 13.7. The van der Waals surface area contributed by atoms with Gasteiger partial charge in [0, 0.05) is 0 Å². The van der Waals surface area contributed by atoms with Gasteiger partial charge in [0.05, 0.1) is 5.54 Å². The van der Waals surface area contributed by atoms with E-state index in [4.69, 9.17) is 10.8 Å². The Balaban J connectivity index is 1.84. The monoisotopic (exact) mass is 367 g/mol. The van der Waals surface area contributed by atoms with Crippen LogP contribution < -0.4 is 5.73 Å². The van der Waals surface area contributed by atoms with Gasteiger partial charge in [-0.3, -0.25) is 0 Å². The molecule has 3 aromatic carbocycles. The standard InChI is InChI=1S/C23H21N5/c24-22(16-17-22)21-25-27-28(26-21)23(18-10-4-1-5-11-18,19-12-6-2-7-13-19)20-14-8-3-9-15-20/h1-15H,16-17,24H2.